The molecule has 0 aromatic carbocycles. The van der Waals surface area contributed by atoms with E-state index in [4.69, 9.17) is 19.2 Å². The molecule has 0 radical (unpaired) electrons. The molecule has 1 spiro atoms. The Hall–Kier alpha value is -2.25. The van der Waals surface area contributed by atoms with Crippen LogP contribution in [0.3, 0.4) is 0 Å². The number of nitrogens with zero attached hydrogens (tertiary/aromatic N) is 2. The van der Waals surface area contributed by atoms with Crippen LogP contribution in [0.2, 0.25) is 0 Å². The Morgan fingerprint density at radius 2 is 2.21 bits per heavy atom. The summed E-state index contributed by atoms with van der Waals surface area (Å²) in [5, 5.41) is 0. The fraction of sp³-hybridized carbons (Fsp3) is 0.591. The Labute approximate surface area is 169 Å². The molecule has 0 aromatic rings. The zero-order chi connectivity index (χ0) is 20.1. The molecule has 2 aliphatic carbocycles. The number of carbonyl (C=O) groups is 2. The number of carbonyl (C=O) groups excluding carboxylic acids is 2. The van der Waals surface area contributed by atoms with E-state index < -0.39 is 5.41 Å². The van der Waals surface area contributed by atoms with Crippen LogP contribution < -0.4 is 0 Å². The van der Waals surface area contributed by atoms with Crippen molar-refractivity contribution in [2.75, 3.05) is 27.3 Å². The number of epoxide rings is 1. The van der Waals surface area contributed by atoms with Gasteiger partial charge in [-0.1, -0.05) is 6.92 Å². The van der Waals surface area contributed by atoms with Crippen molar-refractivity contribution in [2.24, 2.45) is 15.8 Å². The number of ketones is 1. The highest BCUT2D eigenvalue weighted by Crippen LogP contribution is 2.69. The standard InChI is InChI=1S/C22H24N2O5/c1-4-21-9-11(19(26)28-3)17-22(5-6-24(20(21)22)10-16-18(21)29-16)12-7-14(25)15(27-2)8-13(12)23-17/h7-8,16,18,20H,4-6,9-10H2,1-3H3/t16-,18-,20-,21+,22-/m0/s1. The maximum Gasteiger partial charge on any atom is 0.335 e. The molecule has 3 saturated heterocycles. The minimum atomic E-state index is -0.463. The lowest BCUT2D eigenvalue weighted by Gasteiger charge is -2.54. The zero-order valence-electron chi connectivity index (χ0n) is 16.9. The first-order chi connectivity index (χ1) is 14.0. The third kappa shape index (κ3) is 1.89. The van der Waals surface area contributed by atoms with Gasteiger partial charge in [-0.25, -0.2) is 4.79 Å². The lowest BCUT2D eigenvalue weighted by atomic mass is 9.52. The Morgan fingerprint density at radius 3 is 2.93 bits per heavy atom. The van der Waals surface area contributed by atoms with Crippen LogP contribution in [-0.2, 0) is 23.8 Å². The number of methoxy groups -OCH3 is 2. The number of hydrogen-bond acceptors (Lipinski definition) is 7. The van der Waals surface area contributed by atoms with Gasteiger partial charge >= 0.3 is 5.97 Å². The summed E-state index contributed by atoms with van der Waals surface area (Å²) in [4.78, 5) is 33.0. The van der Waals surface area contributed by atoms with E-state index in [1.807, 2.05) is 0 Å². The number of fused-ring (bicyclic) bond motifs is 3. The summed E-state index contributed by atoms with van der Waals surface area (Å²) in [6.07, 6.45) is 6.16. The van der Waals surface area contributed by atoms with E-state index in [1.165, 1.54) is 14.2 Å². The average Bonchev–Trinajstić information content (AvgIpc) is 3.33. The minimum absolute atomic E-state index is 0.140. The summed E-state index contributed by atoms with van der Waals surface area (Å²) < 4.78 is 16.6. The Kier molecular flexibility index (Phi) is 3.31. The van der Waals surface area contributed by atoms with Gasteiger partial charge in [-0.05, 0) is 37.5 Å². The molecule has 7 heteroatoms. The third-order valence-electron chi connectivity index (χ3n) is 8.03. The van der Waals surface area contributed by atoms with Crippen molar-refractivity contribution < 1.29 is 23.8 Å². The van der Waals surface area contributed by atoms with E-state index in [-0.39, 0.29) is 41.2 Å². The maximum atomic E-state index is 12.9. The van der Waals surface area contributed by atoms with Crippen LogP contribution in [0.5, 0.6) is 0 Å². The van der Waals surface area contributed by atoms with Crippen molar-refractivity contribution in [3.05, 3.63) is 34.8 Å². The van der Waals surface area contributed by atoms with Crippen molar-refractivity contribution in [1.82, 2.24) is 4.90 Å². The summed E-state index contributed by atoms with van der Waals surface area (Å²) in [6.45, 7) is 4.01. The second-order valence-electron chi connectivity index (χ2n) is 8.93. The van der Waals surface area contributed by atoms with Gasteiger partial charge in [-0.15, -0.1) is 0 Å². The van der Waals surface area contributed by atoms with E-state index >= 15 is 0 Å². The predicted octanol–water partition coefficient (Wildman–Crippen LogP) is 1.55. The smallest absolute Gasteiger partial charge is 0.335 e. The number of hydrogen-bond donors (Lipinski definition) is 0. The van der Waals surface area contributed by atoms with Crippen LogP contribution in [0.15, 0.2) is 39.7 Å². The van der Waals surface area contributed by atoms with Gasteiger partial charge in [0.15, 0.2) is 5.76 Å². The minimum Gasteiger partial charge on any atom is -0.493 e. The van der Waals surface area contributed by atoms with Gasteiger partial charge in [0.2, 0.25) is 5.78 Å². The maximum absolute atomic E-state index is 12.9. The molecule has 0 bridgehead atoms. The molecule has 29 heavy (non-hydrogen) atoms. The van der Waals surface area contributed by atoms with Gasteiger partial charge in [0, 0.05) is 24.1 Å². The molecule has 7 nitrogen and oxygen atoms in total. The second kappa shape index (κ2) is 5.46. The highest BCUT2D eigenvalue weighted by atomic mass is 16.6. The summed E-state index contributed by atoms with van der Waals surface area (Å²) in [5.41, 5.74) is 2.48. The fourth-order valence-corrected chi connectivity index (χ4v) is 6.92. The molecule has 4 heterocycles. The van der Waals surface area contributed by atoms with Gasteiger partial charge in [-0.2, -0.15) is 0 Å². The van der Waals surface area contributed by atoms with Crippen LogP contribution in [0.1, 0.15) is 26.2 Å². The van der Waals surface area contributed by atoms with Crippen molar-refractivity contribution in [1.29, 1.82) is 0 Å². The molecule has 0 aromatic heterocycles. The average molecular weight is 396 g/mol. The van der Waals surface area contributed by atoms with Gasteiger partial charge < -0.3 is 14.2 Å². The lowest BCUT2D eigenvalue weighted by molar-refractivity contribution is -0.137. The van der Waals surface area contributed by atoms with E-state index in [9.17, 15) is 9.59 Å². The summed E-state index contributed by atoms with van der Waals surface area (Å²) in [5.74, 6) is -0.175. The highest BCUT2D eigenvalue weighted by Gasteiger charge is 2.74. The Balaban J connectivity index is 1.63. The number of allylic oxidation sites excluding steroid dienone is 2. The molecular formula is C22H24N2O5. The topological polar surface area (TPSA) is 80.7 Å². The summed E-state index contributed by atoms with van der Waals surface area (Å²) in [7, 11) is 2.92. The molecule has 0 saturated carbocycles. The van der Waals surface area contributed by atoms with Gasteiger partial charge in [0.05, 0.1) is 48.8 Å². The van der Waals surface area contributed by atoms with Crippen LogP contribution >= 0.6 is 0 Å². The first kappa shape index (κ1) is 17.6. The fourth-order valence-electron chi connectivity index (χ4n) is 6.92. The van der Waals surface area contributed by atoms with Crippen LogP contribution in [0.4, 0.5) is 0 Å². The van der Waals surface area contributed by atoms with Crippen molar-refractivity contribution in [2.45, 2.75) is 44.4 Å². The van der Waals surface area contributed by atoms with Crippen LogP contribution in [0.25, 0.3) is 0 Å². The zero-order valence-corrected chi connectivity index (χ0v) is 16.9. The Bertz CT molecular complexity index is 991. The number of rotatable bonds is 3. The number of esters is 1. The van der Waals surface area contributed by atoms with E-state index in [0.717, 1.165) is 42.9 Å². The van der Waals surface area contributed by atoms with Gasteiger partial charge in [0.1, 0.15) is 0 Å². The summed E-state index contributed by atoms with van der Waals surface area (Å²) in [6, 6.07) is 0.171. The number of piperidine rings is 1. The van der Waals surface area contributed by atoms with E-state index in [1.54, 1.807) is 12.2 Å². The van der Waals surface area contributed by atoms with Crippen LogP contribution in [0, 0.1) is 10.8 Å². The first-order valence-corrected chi connectivity index (χ1v) is 10.3. The number of aliphatic imine (C=N–C) groups is 1. The molecule has 5 atom stereocenters. The predicted molar refractivity (Wildman–Crippen MR) is 103 cm³/mol. The van der Waals surface area contributed by atoms with Crippen molar-refractivity contribution >= 4 is 17.5 Å². The molecule has 152 valence electrons. The summed E-state index contributed by atoms with van der Waals surface area (Å²) >= 11 is 0. The molecule has 6 aliphatic rings. The molecule has 4 aliphatic heterocycles. The molecule has 0 amide bonds. The van der Waals surface area contributed by atoms with E-state index in [0.29, 0.717) is 12.0 Å². The van der Waals surface area contributed by atoms with Crippen molar-refractivity contribution in [3.8, 4) is 0 Å². The quantitative estimate of drug-likeness (QED) is 0.409. The second-order valence-corrected chi connectivity index (χ2v) is 8.93. The SMILES string of the molecule is CC[C@@]12CC(C(=O)OC)=C3N=C4C=C(OC)C(=O)C=C4[C@@]34CCN(C[C@@H]3O[C@@H]31)[C@H]42. The molecular weight excluding hydrogens is 372 g/mol. The van der Waals surface area contributed by atoms with Gasteiger partial charge in [0.25, 0.3) is 0 Å². The number of ether oxygens (including phenoxy) is 3. The largest absolute Gasteiger partial charge is 0.493 e. The van der Waals surface area contributed by atoms with Gasteiger partial charge in [-0.3, -0.25) is 14.7 Å². The normalized spacial score (nSPS) is 41.6. The molecule has 0 unspecified atom stereocenters. The Morgan fingerprint density at radius 1 is 1.38 bits per heavy atom. The van der Waals surface area contributed by atoms with E-state index in [2.05, 4.69) is 11.8 Å². The highest BCUT2D eigenvalue weighted by molar-refractivity contribution is 6.24. The molecule has 3 fully saturated rings. The van der Waals surface area contributed by atoms with Crippen LogP contribution in [-0.4, -0.2) is 67.9 Å². The third-order valence-corrected chi connectivity index (χ3v) is 8.03. The molecule has 0 N–H and O–H groups in total. The monoisotopic (exact) mass is 396 g/mol. The first-order valence-electron chi connectivity index (χ1n) is 10.3. The van der Waals surface area contributed by atoms with Crippen molar-refractivity contribution in [3.63, 3.8) is 0 Å². The lowest BCUT2D eigenvalue weighted by Crippen LogP contribution is -2.61. The molecule has 6 rings (SSSR count).